The minimum atomic E-state index is 0.0180. The number of hydrogen-bond acceptors (Lipinski definition) is 3. The molecule has 2 fully saturated rings. The molecule has 2 saturated heterocycles. The first-order valence-corrected chi connectivity index (χ1v) is 8.54. The molecule has 1 N–H and O–H groups in total. The lowest BCUT2D eigenvalue weighted by atomic mass is 9.99. The molecule has 0 unspecified atom stereocenters. The number of carbonyl (C=O) groups excluding carboxylic acids is 2. The molecule has 0 saturated carbocycles. The number of likely N-dealkylation sites (tertiary alicyclic amines) is 1. The van der Waals surface area contributed by atoms with Gasteiger partial charge in [-0.05, 0) is 56.5 Å². The van der Waals surface area contributed by atoms with Crippen molar-refractivity contribution in [3.05, 3.63) is 24.3 Å². The van der Waals surface area contributed by atoms with Crippen LogP contribution in [0.1, 0.15) is 32.6 Å². The number of anilines is 2. The van der Waals surface area contributed by atoms with E-state index in [9.17, 15) is 9.59 Å². The van der Waals surface area contributed by atoms with Crippen molar-refractivity contribution >= 4 is 23.2 Å². The highest BCUT2D eigenvalue weighted by Crippen LogP contribution is 2.24. The van der Waals surface area contributed by atoms with Crippen LogP contribution in [0, 0.1) is 5.92 Å². The quantitative estimate of drug-likeness (QED) is 0.929. The fraction of sp³-hybridized carbons (Fsp3) is 0.556. The molecule has 2 aliphatic heterocycles. The van der Waals surface area contributed by atoms with Crippen molar-refractivity contribution in [3.8, 4) is 0 Å². The summed E-state index contributed by atoms with van der Waals surface area (Å²) >= 11 is 0. The highest BCUT2D eigenvalue weighted by atomic mass is 16.2. The van der Waals surface area contributed by atoms with Crippen molar-refractivity contribution in [1.29, 1.82) is 0 Å². The molecule has 0 aliphatic carbocycles. The third kappa shape index (κ3) is 4.10. The molecule has 124 valence electrons. The van der Waals surface area contributed by atoms with Crippen LogP contribution < -0.4 is 10.2 Å². The van der Waals surface area contributed by atoms with Gasteiger partial charge in [0, 0.05) is 24.3 Å². The number of nitrogens with zero attached hydrogens (tertiary/aromatic N) is 2. The van der Waals surface area contributed by atoms with E-state index in [2.05, 4.69) is 17.1 Å². The van der Waals surface area contributed by atoms with E-state index in [1.54, 1.807) is 4.90 Å². The van der Waals surface area contributed by atoms with Gasteiger partial charge >= 0.3 is 0 Å². The molecule has 0 radical (unpaired) electrons. The normalized spacial score (nSPS) is 20.0. The number of benzene rings is 1. The summed E-state index contributed by atoms with van der Waals surface area (Å²) in [7, 11) is 0. The summed E-state index contributed by atoms with van der Waals surface area (Å²) in [5.41, 5.74) is 1.63. The molecule has 0 bridgehead atoms. The van der Waals surface area contributed by atoms with E-state index >= 15 is 0 Å². The summed E-state index contributed by atoms with van der Waals surface area (Å²) in [5.74, 6) is 0.948. The van der Waals surface area contributed by atoms with Gasteiger partial charge in [-0.2, -0.15) is 0 Å². The number of rotatable bonds is 4. The number of carbonyl (C=O) groups is 2. The smallest absolute Gasteiger partial charge is 0.238 e. The molecule has 23 heavy (non-hydrogen) atoms. The average molecular weight is 315 g/mol. The molecule has 2 aliphatic rings. The first kappa shape index (κ1) is 16.0. The molecule has 0 aromatic heterocycles. The summed E-state index contributed by atoms with van der Waals surface area (Å²) in [6.07, 6.45) is 3.85. The largest absolute Gasteiger partial charge is 0.325 e. The zero-order chi connectivity index (χ0) is 16.2. The average Bonchev–Trinajstić information content (AvgIpc) is 2.96. The van der Waals surface area contributed by atoms with Crippen molar-refractivity contribution < 1.29 is 9.59 Å². The van der Waals surface area contributed by atoms with Crippen molar-refractivity contribution in [2.75, 3.05) is 36.4 Å². The van der Waals surface area contributed by atoms with Gasteiger partial charge < -0.3 is 10.2 Å². The standard InChI is InChI=1S/C18H25N3O2/c1-14-7-10-20(11-8-14)13-17(22)19-15-4-2-5-16(12-15)21-9-3-6-18(21)23/h2,4-5,12,14H,3,6-11,13H2,1H3,(H,19,22). The van der Waals surface area contributed by atoms with E-state index in [1.165, 1.54) is 12.8 Å². The lowest BCUT2D eigenvalue weighted by molar-refractivity contribution is -0.118. The van der Waals surface area contributed by atoms with E-state index in [0.717, 1.165) is 43.3 Å². The van der Waals surface area contributed by atoms with Gasteiger partial charge in [-0.3, -0.25) is 14.5 Å². The topological polar surface area (TPSA) is 52.7 Å². The Morgan fingerprint density at radius 2 is 2.04 bits per heavy atom. The second-order valence-corrected chi connectivity index (χ2v) is 6.71. The van der Waals surface area contributed by atoms with Crippen molar-refractivity contribution in [3.63, 3.8) is 0 Å². The van der Waals surface area contributed by atoms with Crippen LogP contribution in [0.3, 0.4) is 0 Å². The third-order valence-corrected chi connectivity index (χ3v) is 4.76. The fourth-order valence-electron chi connectivity index (χ4n) is 3.30. The van der Waals surface area contributed by atoms with E-state index < -0.39 is 0 Å². The second-order valence-electron chi connectivity index (χ2n) is 6.71. The van der Waals surface area contributed by atoms with Crippen LogP contribution in [0.15, 0.2) is 24.3 Å². The van der Waals surface area contributed by atoms with Crippen LogP contribution in [0.25, 0.3) is 0 Å². The van der Waals surface area contributed by atoms with Gasteiger partial charge in [-0.25, -0.2) is 0 Å². The second kappa shape index (κ2) is 7.13. The Kier molecular flexibility index (Phi) is 4.96. The maximum atomic E-state index is 12.2. The van der Waals surface area contributed by atoms with Gasteiger partial charge in [0.05, 0.1) is 6.54 Å². The van der Waals surface area contributed by atoms with Crippen LogP contribution in [0.4, 0.5) is 11.4 Å². The lowest BCUT2D eigenvalue weighted by Gasteiger charge is -2.29. The fourth-order valence-corrected chi connectivity index (χ4v) is 3.30. The Bertz CT molecular complexity index is 579. The Balaban J connectivity index is 1.57. The van der Waals surface area contributed by atoms with Crippen LogP contribution in [-0.2, 0) is 9.59 Å². The molecule has 0 spiro atoms. The van der Waals surface area contributed by atoms with Crippen molar-refractivity contribution in [2.45, 2.75) is 32.6 Å². The SMILES string of the molecule is CC1CCN(CC(=O)Nc2cccc(N3CCCC3=O)c2)CC1. The van der Waals surface area contributed by atoms with Gasteiger partial charge in [0.2, 0.25) is 11.8 Å². The van der Waals surface area contributed by atoms with E-state index in [4.69, 9.17) is 0 Å². The summed E-state index contributed by atoms with van der Waals surface area (Å²) < 4.78 is 0. The molecular formula is C18H25N3O2. The maximum Gasteiger partial charge on any atom is 0.238 e. The highest BCUT2D eigenvalue weighted by Gasteiger charge is 2.22. The summed E-state index contributed by atoms with van der Waals surface area (Å²) in [6.45, 7) is 5.47. The van der Waals surface area contributed by atoms with Gasteiger partial charge in [0.25, 0.3) is 0 Å². The first-order valence-electron chi connectivity index (χ1n) is 8.54. The summed E-state index contributed by atoms with van der Waals surface area (Å²) in [5, 5.41) is 2.96. The zero-order valence-electron chi connectivity index (χ0n) is 13.8. The minimum absolute atomic E-state index is 0.0180. The molecule has 3 rings (SSSR count). The van der Waals surface area contributed by atoms with E-state index in [0.29, 0.717) is 13.0 Å². The predicted molar refractivity (Wildman–Crippen MR) is 91.5 cm³/mol. The number of piperidine rings is 1. The maximum absolute atomic E-state index is 12.2. The van der Waals surface area contributed by atoms with E-state index in [-0.39, 0.29) is 11.8 Å². The van der Waals surface area contributed by atoms with Gasteiger partial charge in [-0.1, -0.05) is 13.0 Å². The van der Waals surface area contributed by atoms with Gasteiger partial charge in [0.15, 0.2) is 0 Å². The zero-order valence-corrected chi connectivity index (χ0v) is 13.8. The molecule has 0 atom stereocenters. The van der Waals surface area contributed by atoms with Crippen LogP contribution >= 0.6 is 0 Å². The number of nitrogens with one attached hydrogen (secondary N) is 1. The van der Waals surface area contributed by atoms with Crippen LogP contribution in [0.5, 0.6) is 0 Å². The Morgan fingerprint density at radius 3 is 2.74 bits per heavy atom. The molecule has 5 nitrogen and oxygen atoms in total. The summed E-state index contributed by atoms with van der Waals surface area (Å²) in [6, 6.07) is 7.57. The Hall–Kier alpha value is -1.88. The van der Waals surface area contributed by atoms with Crippen LogP contribution in [-0.4, -0.2) is 42.9 Å². The van der Waals surface area contributed by atoms with Crippen molar-refractivity contribution in [1.82, 2.24) is 4.90 Å². The molecule has 2 heterocycles. The number of hydrogen-bond donors (Lipinski definition) is 1. The minimum Gasteiger partial charge on any atom is -0.325 e. The molecule has 2 amide bonds. The Morgan fingerprint density at radius 1 is 1.26 bits per heavy atom. The lowest BCUT2D eigenvalue weighted by Crippen LogP contribution is -2.38. The molecule has 1 aromatic rings. The van der Waals surface area contributed by atoms with Crippen molar-refractivity contribution in [2.24, 2.45) is 5.92 Å². The monoisotopic (exact) mass is 315 g/mol. The third-order valence-electron chi connectivity index (χ3n) is 4.76. The predicted octanol–water partition coefficient (Wildman–Crippen LogP) is 2.48. The Labute approximate surface area is 137 Å². The summed E-state index contributed by atoms with van der Waals surface area (Å²) in [4.78, 5) is 28.1. The van der Waals surface area contributed by atoms with Gasteiger partial charge in [0.1, 0.15) is 0 Å². The van der Waals surface area contributed by atoms with Crippen LogP contribution in [0.2, 0.25) is 0 Å². The molecular weight excluding hydrogens is 290 g/mol. The van der Waals surface area contributed by atoms with Gasteiger partial charge in [-0.15, -0.1) is 0 Å². The molecule has 1 aromatic carbocycles. The highest BCUT2D eigenvalue weighted by molar-refractivity contribution is 5.97. The van der Waals surface area contributed by atoms with E-state index in [1.807, 2.05) is 24.3 Å². The first-order chi connectivity index (χ1) is 11.1. The molecule has 5 heteroatoms. The number of amides is 2.